The van der Waals surface area contributed by atoms with E-state index in [1.165, 1.54) is 0 Å². The molecule has 1 aliphatic heterocycles. The number of carbonyl (C=O) groups excluding carboxylic acids is 1. The highest BCUT2D eigenvalue weighted by Gasteiger charge is 2.39. The van der Waals surface area contributed by atoms with Crippen molar-refractivity contribution < 1.29 is 14.6 Å². The van der Waals surface area contributed by atoms with Crippen molar-refractivity contribution in [2.45, 2.75) is 44.0 Å². The Morgan fingerprint density at radius 1 is 1.36 bits per heavy atom. The van der Waals surface area contributed by atoms with Crippen molar-refractivity contribution in [1.29, 1.82) is 0 Å². The first-order valence-corrected chi connectivity index (χ1v) is 7.99. The Kier molecular flexibility index (Phi) is 5.07. The quantitative estimate of drug-likeness (QED) is 0.775. The third-order valence-electron chi connectivity index (χ3n) is 4.60. The van der Waals surface area contributed by atoms with Gasteiger partial charge < -0.3 is 19.7 Å². The van der Waals surface area contributed by atoms with E-state index in [-0.39, 0.29) is 18.0 Å². The van der Waals surface area contributed by atoms with Crippen molar-refractivity contribution in [3.8, 4) is 0 Å². The molecule has 2 heterocycles. The number of nitrogens with one attached hydrogen (secondary N) is 1. The fourth-order valence-corrected chi connectivity index (χ4v) is 3.35. The van der Waals surface area contributed by atoms with Gasteiger partial charge in [-0.15, -0.1) is 0 Å². The molecule has 0 aromatic carbocycles. The molecule has 2 aliphatic rings. The van der Waals surface area contributed by atoms with Gasteiger partial charge in [0.25, 0.3) is 0 Å². The largest absolute Gasteiger partial charge is 0.389 e. The monoisotopic (exact) mass is 308 g/mol. The first-order chi connectivity index (χ1) is 10.7. The van der Waals surface area contributed by atoms with Crippen LogP contribution in [0.25, 0.3) is 0 Å². The van der Waals surface area contributed by atoms with Crippen LogP contribution >= 0.6 is 0 Å². The molecular formula is C15H24N4O3. The van der Waals surface area contributed by atoms with Gasteiger partial charge in [-0.1, -0.05) is 0 Å². The lowest BCUT2D eigenvalue weighted by atomic mass is 10.1. The highest BCUT2D eigenvalue weighted by Crippen LogP contribution is 2.25. The molecule has 0 unspecified atom stereocenters. The van der Waals surface area contributed by atoms with Gasteiger partial charge in [0.05, 0.1) is 31.7 Å². The lowest BCUT2D eigenvalue weighted by Crippen LogP contribution is -2.51. The molecule has 2 N–H and O–H groups in total. The number of aliphatic hydroxyl groups excluding tert-OH is 1. The van der Waals surface area contributed by atoms with Crippen molar-refractivity contribution in [3.63, 3.8) is 0 Å². The zero-order valence-electron chi connectivity index (χ0n) is 12.7. The van der Waals surface area contributed by atoms with Crippen LogP contribution in [0, 0.1) is 0 Å². The Morgan fingerprint density at radius 2 is 2.18 bits per heavy atom. The molecule has 7 heteroatoms. The van der Waals surface area contributed by atoms with Crippen molar-refractivity contribution >= 4 is 5.91 Å². The van der Waals surface area contributed by atoms with E-state index in [2.05, 4.69) is 15.2 Å². The number of aromatic nitrogens is 2. The van der Waals surface area contributed by atoms with E-state index < -0.39 is 6.10 Å². The van der Waals surface area contributed by atoms with Crippen molar-refractivity contribution in [2.24, 2.45) is 0 Å². The lowest BCUT2D eigenvalue weighted by Gasteiger charge is -2.34. The minimum absolute atomic E-state index is 0.0135. The van der Waals surface area contributed by atoms with E-state index in [1.807, 2.05) is 10.8 Å². The van der Waals surface area contributed by atoms with Crippen LogP contribution in [-0.4, -0.2) is 70.0 Å². The standard InChI is InChI=1S/C15H24N4O3/c20-14(3-5-18-6-4-16-11-18)17-12-1-2-13(15(12)21)19-7-9-22-10-8-19/h4,6,11-13,15,21H,1-3,5,7-10H2,(H,17,20)/t12-,13-,15-/m1/s1. The van der Waals surface area contributed by atoms with Crippen LogP contribution in [0.1, 0.15) is 19.3 Å². The molecule has 22 heavy (non-hydrogen) atoms. The molecule has 1 saturated heterocycles. The molecule has 0 radical (unpaired) electrons. The van der Waals surface area contributed by atoms with Crippen LogP contribution in [0.5, 0.6) is 0 Å². The molecule has 2 fully saturated rings. The summed E-state index contributed by atoms with van der Waals surface area (Å²) in [5.74, 6) is -0.0135. The van der Waals surface area contributed by atoms with E-state index in [0.29, 0.717) is 13.0 Å². The van der Waals surface area contributed by atoms with E-state index in [4.69, 9.17) is 4.74 Å². The normalized spacial score (nSPS) is 29.6. The number of amides is 1. The van der Waals surface area contributed by atoms with E-state index >= 15 is 0 Å². The summed E-state index contributed by atoms with van der Waals surface area (Å²) in [4.78, 5) is 18.3. The third kappa shape index (κ3) is 3.66. The fourth-order valence-electron chi connectivity index (χ4n) is 3.35. The van der Waals surface area contributed by atoms with Crippen molar-refractivity contribution in [3.05, 3.63) is 18.7 Å². The zero-order chi connectivity index (χ0) is 15.4. The van der Waals surface area contributed by atoms with Gasteiger partial charge in [-0.2, -0.15) is 0 Å². The number of imidazole rings is 1. The summed E-state index contributed by atoms with van der Waals surface area (Å²) in [6, 6.07) is 0.00554. The summed E-state index contributed by atoms with van der Waals surface area (Å²) in [6.45, 7) is 3.80. The second-order valence-corrected chi connectivity index (χ2v) is 6.01. The summed E-state index contributed by atoms with van der Waals surface area (Å²) in [5, 5.41) is 13.5. The fraction of sp³-hybridized carbons (Fsp3) is 0.733. The Balaban J connectivity index is 1.45. The lowest BCUT2D eigenvalue weighted by molar-refractivity contribution is -0.122. The maximum Gasteiger partial charge on any atom is 0.222 e. The molecule has 0 bridgehead atoms. The van der Waals surface area contributed by atoms with Crippen LogP contribution in [0.15, 0.2) is 18.7 Å². The van der Waals surface area contributed by atoms with Crippen molar-refractivity contribution in [2.75, 3.05) is 26.3 Å². The first-order valence-electron chi connectivity index (χ1n) is 7.99. The average molecular weight is 308 g/mol. The predicted molar refractivity (Wildman–Crippen MR) is 80.2 cm³/mol. The SMILES string of the molecule is O=C(CCn1ccnc1)N[C@@H]1CC[C@@H](N2CCOCC2)[C@@H]1O. The maximum atomic E-state index is 12.0. The van der Waals surface area contributed by atoms with Gasteiger partial charge >= 0.3 is 0 Å². The number of ether oxygens (including phenoxy) is 1. The summed E-state index contributed by atoms with van der Waals surface area (Å²) < 4.78 is 7.23. The van der Waals surface area contributed by atoms with Gasteiger partial charge in [-0.25, -0.2) is 4.98 Å². The predicted octanol–water partition coefficient (Wildman–Crippen LogP) is -0.386. The first kappa shape index (κ1) is 15.5. The van der Waals surface area contributed by atoms with E-state index in [9.17, 15) is 9.90 Å². The molecule has 3 rings (SSSR count). The molecule has 0 spiro atoms. The number of hydrogen-bond acceptors (Lipinski definition) is 5. The van der Waals surface area contributed by atoms with Gasteiger partial charge in [0.2, 0.25) is 5.91 Å². The van der Waals surface area contributed by atoms with Gasteiger partial charge in [0.1, 0.15) is 0 Å². The minimum atomic E-state index is -0.490. The van der Waals surface area contributed by atoms with Crippen LogP contribution in [0.4, 0.5) is 0 Å². The number of rotatable bonds is 5. The number of morpholine rings is 1. The maximum absolute atomic E-state index is 12.0. The van der Waals surface area contributed by atoms with Crippen molar-refractivity contribution in [1.82, 2.24) is 19.8 Å². The molecule has 1 aromatic heterocycles. The van der Waals surface area contributed by atoms with Gasteiger partial charge in [0, 0.05) is 44.5 Å². The smallest absolute Gasteiger partial charge is 0.222 e. The van der Waals surface area contributed by atoms with E-state index in [0.717, 1.165) is 39.1 Å². The minimum Gasteiger partial charge on any atom is -0.389 e. The second kappa shape index (κ2) is 7.21. The van der Waals surface area contributed by atoms with Gasteiger partial charge in [0.15, 0.2) is 0 Å². The zero-order valence-corrected chi connectivity index (χ0v) is 12.7. The Morgan fingerprint density at radius 3 is 2.91 bits per heavy atom. The van der Waals surface area contributed by atoms with Crippen LogP contribution < -0.4 is 5.32 Å². The molecule has 1 aromatic rings. The number of carbonyl (C=O) groups is 1. The molecule has 1 saturated carbocycles. The molecular weight excluding hydrogens is 284 g/mol. The summed E-state index contributed by atoms with van der Waals surface area (Å²) in [6.07, 6.45) is 6.91. The molecule has 3 atom stereocenters. The number of hydrogen-bond donors (Lipinski definition) is 2. The third-order valence-corrected chi connectivity index (χ3v) is 4.60. The molecule has 7 nitrogen and oxygen atoms in total. The highest BCUT2D eigenvalue weighted by molar-refractivity contribution is 5.76. The average Bonchev–Trinajstić information content (AvgIpc) is 3.17. The topological polar surface area (TPSA) is 79.6 Å². The van der Waals surface area contributed by atoms with Crippen LogP contribution in [-0.2, 0) is 16.1 Å². The summed E-state index contributed by atoms with van der Waals surface area (Å²) in [7, 11) is 0. The number of aryl methyl sites for hydroxylation is 1. The highest BCUT2D eigenvalue weighted by atomic mass is 16.5. The molecule has 1 aliphatic carbocycles. The summed E-state index contributed by atoms with van der Waals surface area (Å²) in [5.41, 5.74) is 0. The summed E-state index contributed by atoms with van der Waals surface area (Å²) >= 11 is 0. The van der Waals surface area contributed by atoms with E-state index in [1.54, 1.807) is 12.5 Å². The number of aliphatic hydroxyl groups is 1. The molecule has 1 amide bonds. The molecule has 122 valence electrons. The second-order valence-electron chi connectivity index (χ2n) is 6.01. The Hall–Kier alpha value is -1.44. The number of nitrogens with zero attached hydrogens (tertiary/aromatic N) is 3. The van der Waals surface area contributed by atoms with Gasteiger partial charge in [-0.3, -0.25) is 9.69 Å². The Bertz CT molecular complexity index is 473. The Labute approximate surface area is 130 Å². The van der Waals surface area contributed by atoms with Crippen LogP contribution in [0.2, 0.25) is 0 Å². The van der Waals surface area contributed by atoms with Crippen LogP contribution in [0.3, 0.4) is 0 Å². The van der Waals surface area contributed by atoms with Gasteiger partial charge in [-0.05, 0) is 12.8 Å².